The third-order valence-corrected chi connectivity index (χ3v) is 3.20. The zero-order valence-corrected chi connectivity index (χ0v) is 10.0. The van der Waals surface area contributed by atoms with Gasteiger partial charge in [0.15, 0.2) is 0 Å². The Morgan fingerprint density at radius 2 is 2.24 bits per heavy atom. The van der Waals surface area contributed by atoms with Crippen molar-refractivity contribution in [2.45, 2.75) is 6.42 Å². The van der Waals surface area contributed by atoms with Crippen LogP contribution in [0.2, 0.25) is 0 Å². The smallest absolute Gasteiger partial charge is 0.209 e. The Labute approximate surface area is 99.5 Å². The summed E-state index contributed by atoms with van der Waals surface area (Å²) in [7, 11) is -3.37. The summed E-state index contributed by atoms with van der Waals surface area (Å²) < 4.78 is 23.4. The number of nitrogens with one attached hydrogen (secondary N) is 1. The van der Waals surface area contributed by atoms with Crippen molar-refractivity contribution >= 4 is 21.5 Å². The second kappa shape index (κ2) is 4.72. The van der Waals surface area contributed by atoms with Gasteiger partial charge in [0.1, 0.15) is 11.5 Å². The van der Waals surface area contributed by atoms with Crippen LogP contribution in [0.3, 0.4) is 0 Å². The summed E-state index contributed by atoms with van der Waals surface area (Å²) in [4.78, 5) is 4.15. The fourth-order valence-electron chi connectivity index (χ4n) is 1.58. The highest BCUT2D eigenvalue weighted by Gasteiger charge is 2.03. The second-order valence-corrected chi connectivity index (χ2v) is 5.45. The molecule has 2 aromatic heterocycles. The summed E-state index contributed by atoms with van der Waals surface area (Å²) in [6, 6.07) is 5.70. The minimum atomic E-state index is -3.37. The summed E-state index contributed by atoms with van der Waals surface area (Å²) >= 11 is 0. The SMILES string of the molecule is NS(=O)(=O)CCCNc1cccc2nccn12. The number of nitrogens with zero attached hydrogens (tertiary/aromatic N) is 2. The first kappa shape index (κ1) is 11.9. The standard InChI is InChI=1S/C10H14N4O2S/c11-17(15,16)8-2-5-12-9-3-1-4-10-13-6-7-14(9)10/h1,3-4,6-7,12H,2,5,8H2,(H2,11,15,16). The van der Waals surface area contributed by atoms with Crippen molar-refractivity contribution < 1.29 is 8.42 Å². The maximum Gasteiger partial charge on any atom is 0.209 e. The maximum absolute atomic E-state index is 10.7. The number of sulfonamides is 1. The molecular formula is C10H14N4O2S. The molecule has 0 spiro atoms. The summed E-state index contributed by atoms with van der Waals surface area (Å²) in [5, 5.41) is 8.07. The van der Waals surface area contributed by atoms with Gasteiger partial charge >= 0.3 is 0 Å². The van der Waals surface area contributed by atoms with E-state index in [4.69, 9.17) is 5.14 Å². The summed E-state index contributed by atoms with van der Waals surface area (Å²) in [5.74, 6) is 0.870. The van der Waals surface area contributed by atoms with Gasteiger partial charge in [0, 0.05) is 18.9 Å². The lowest BCUT2D eigenvalue weighted by atomic mass is 10.4. The average Bonchev–Trinajstić information content (AvgIpc) is 2.71. The van der Waals surface area contributed by atoms with Crippen molar-refractivity contribution in [1.29, 1.82) is 0 Å². The first-order valence-corrected chi connectivity index (χ1v) is 6.94. The highest BCUT2D eigenvalue weighted by atomic mass is 32.2. The molecule has 3 N–H and O–H groups in total. The molecule has 6 nitrogen and oxygen atoms in total. The van der Waals surface area contributed by atoms with Crippen molar-refractivity contribution in [3.8, 4) is 0 Å². The first-order valence-electron chi connectivity index (χ1n) is 5.23. The lowest BCUT2D eigenvalue weighted by molar-refractivity contribution is 0.595. The van der Waals surface area contributed by atoms with Gasteiger partial charge in [-0.05, 0) is 18.6 Å². The van der Waals surface area contributed by atoms with Crippen LogP contribution in [-0.2, 0) is 10.0 Å². The van der Waals surface area contributed by atoms with Gasteiger partial charge in [-0.15, -0.1) is 0 Å². The van der Waals surface area contributed by atoms with Crippen molar-refractivity contribution in [2.24, 2.45) is 5.14 Å². The Balaban J connectivity index is 1.97. The Morgan fingerprint density at radius 1 is 1.41 bits per heavy atom. The Bertz CT molecular complexity index is 606. The van der Waals surface area contributed by atoms with Crippen LogP contribution in [0, 0.1) is 0 Å². The van der Waals surface area contributed by atoms with Gasteiger partial charge < -0.3 is 5.32 Å². The number of aromatic nitrogens is 2. The molecule has 0 saturated carbocycles. The molecule has 0 unspecified atom stereocenters. The number of hydrogen-bond acceptors (Lipinski definition) is 4. The van der Waals surface area contributed by atoms with Crippen molar-refractivity contribution in [1.82, 2.24) is 9.38 Å². The molecule has 2 heterocycles. The summed E-state index contributed by atoms with van der Waals surface area (Å²) in [6.07, 6.45) is 4.03. The molecule has 2 aromatic rings. The fraction of sp³-hybridized carbons (Fsp3) is 0.300. The Kier molecular flexibility index (Phi) is 3.30. The third-order valence-electron chi connectivity index (χ3n) is 2.34. The molecule has 0 saturated heterocycles. The molecule has 7 heteroatoms. The quantitative estimate of drug-likeness (QED) is 0.757. The summed E-state index contributed by atoms with van der Waals surface area (Å²) in [5.41, 5.74) is 0.849. The number of nitrogens with two attached hydrogens (primary N) is 1. The minimum Gasteiger partial charge on any atom is -0.371 e. The number of hydrogen-bond donors (Lipinski definition) is 2. The predicted molar refractivity (Wildman–Crippen MR) is 66.3 cm³/mol. The number of imidazole rings is 1. The van der Waals surface area contributed by atoms with E-state index < -0.39 is 10.0 Å². The fourth-order valence-corrected chi connectivity index (χ4v) is 2.13. The lowest BCUT2D eigenvalue weighted by Crippen LogP contribution is -2.19. The van der Waals surface area contributed by atoms with Crippen LogP contribution in [0.4, 0.5) is 5.82 Å². The number of fused-ring (bicyclic) bond motifs is 1. The minimum absolute atomic E-state index is 0.0140. The van der Waals surface area contributed by atoms with Crippen LogP contribution < -0.4 is 10.5 Å². The molecule has 0 amide bonds. The van der Waals surface area contributed by atoms with E-state index in [1.54, 1.807) is 6.20 Å². The van der Waals surface area contributed by atoms with Crippen LogP contribution in [0.1, 0.15) is 6.42 Å². The van der Waals surface area contributed by atoms with Crippen LogP contribution in [0.25, 0.3) is 5.65 Å². The second-order valence-electron chi connectivity index (χ2n) is 3.71. The molecule has 17 heavy (non-hydrogen) atoms. The topological polar surface area (TPSA) is 89.5 Å². The zero-order valence-electron chi connectivity index (χ0n) is 9.20. The molecule has 0 aliphatic rings. The van der Waals surface area contributed by atoms with Crippen molar-refractivity contribution in [3.05, 3.63) is 30.6 Å². The van der Waals surface area contributed by atoms with Gasteiger partial charge in [0.25, 0.3) is 0 Å². The van der Waals surface area contributed by atoms with Crippen molar-refractivity contribution in [3.63, 3.8) is 0 Å². The molecule has 0 atom stereocenters. The molecule has 0 aliphatic carbocycles. The highest BCUT2D eigenvalue weighted by Crippen LogP contribution is 2.10. The molecular weight excluding hydrogens is 240 g/mol. The third kappa shape index (κ3) is 3.18. The predicted octanol–water partition coefficient (Wildman–Crippen LogP) is 0.425. The van der Waals surface area contributed by atoms with E-state index in [2.05, 4.69) is 10.3 Å². The van der Waals surface area contributed by atoms with Crippen LogP contribution in [0.15, 0.2) is 30.6 Å². The van der Waals surface area contributed by atoms with E-state index >= 15 is 0 Å². The normalized spacial score (nSPS) is 11.8. The molecule has 0 aliphatic heterocycles. The van der Waals surface area contributed by atoms with Gasteiger partial charge in [-0.1, -0.05) is 6.07 Å². The molecule has 2 rings (SSSR count). The number of rotatable bonds is 5. The Morgan fingerprint density at radius 3 is 3.00 bits per heavy atom. The van der Waals surface area contributed by atoms with Gasteiger partial charge in [-0.2, -0.15) is 0 Å². The molecule has 0 bridgehead atoms. The van der Waals surface area contributed by atoms with Crippen LogP contribution in [-0.4, -0.2) is 30.1 Å². The van der Waals surface area contributed by atoms with Gasteiger partial charge in [0.05, 0.1) is 5.75 Å². The number of anilines is 1. The number of pyridine rings is 1. The van der Waals surface area contributed by atoms with E-state index in [0.29, 0.717) is 13.0 Å². The van der Waals surface area contributed by atoms with Gasteiger partial charge in [0.2, 0.25) is 10.0 Å². The maximum atomic E-state index is 10.7. The van der Waals surface area contributed by atoms with Crippen molar-refractivity contribution in [2.75, 3.05) is 17.6 Å². The number of primary sulfonamides is 1. The average molecular weight is 254 g/mol. The monoisotopic (exact) mass is 254 g/mol. The summed E-state index contributed by atoms with van der Waals surface area (Å²) in [6.45, 7) is 0.549. The van der Waals surface area contributed by atoms with Crippen LogP contribution in [0.5, 0.6) is 0 Å². The molecule has 92 valence electrons. The molecule has 0 radical (unpaired) electrons. The van der Waals surface area contributed by atoms with Gasteiger partial charge in [-0.3, -0.25) is 4.40 Å². The highest BCUT2D eigenvalue weighted by molar-refractivity contribution is 7.89. The van der Waals surface area contributed by atoms with E-state index in [-0.39, 0.29) is 5.75 Å². The zero-order chi connectivity index (χ0) is 12.3. The molecule has 0 fully saturated rings. The van der Waals surface area contributed by atoms with E-state index in [1.165, 1.54) is 0 Å². The van der Waals surface area contributed by atoms with E-state index in [1.807, 2.05) is 28.8 Å². The first-order chi connectivity index (χ1) is 8.06. The van der Waals surface area contributed by atoms with Gasteiger partial charge in [-0.25, -0.2) is 18.5 Å². The van der Waals surface area contributed by atoms with E-state index in [9.17, 15) is 8.42 Å². The van der Waals surface area contributed by atoms with Crippen LogP contribution >= 0.6 is 0 Å². The lowest BCUT2D eigenvalue weighted by Gasteiger charge is -2.08. The largest absolute Gasteiger partial charge is 0.371 e. The Hall–Kier alpha value is -1.60. The molecule has 0 aromatic carbocycles. The van der Waals surface area contributed by atoms with E-state index in [0.717, 1.165) is 11.5 Å².